The molecular formula is C56H59N3Si2. The first-order valence-electron chi connectivity index (χ1n) is 21.8. The molecule has 0 unspecified atom stereocenters. The van der Waals surface area contributed by atoms with Crippen molar-refractivity contribution in [3.05, 3.63) is 175 Å². The lowest BCUT2D eigenvalue weighted by molar-refractivity contribution is 0.650. The zero-order valence-corrected chi connectivity index (χ0v) is 39.6. The Morgan fingerprint density at radius 3 is 1.36 bits per heavy atom. The number of hydrogen-bond donors (Lipinski definition) is 0. The van der Waals surface area contributed by atoms with Crippen LogP contribution in [0.3, 0.4) is 0 Å². The number of fused-ring (bicyclic) bond motifs is 1. The molecule has 0 aliphatic carbocycles. The minimum atomic E-state index is -1.85. The molecule has 8 rings (SSSR count). The van der Waals surface area contributed by atoms with Crippen molar-refractivity contribution in [2.75, 3.05) is 4.90 Å². The highest BCUT2D eigenvalue weighted by Crippen LogP contribution is 2.43. The molecule has 0 aliphatic rings. The number of benzene rings is 6. The highest BCUT2D eigenvalue weighted by atomic mass is 28.3. The van der Waals surface area contributed by atoms with Crippen LogP contribution in [0.1, 0.15) is 30.5 Å². The Bertz CT molecular complexity index is 2700. The first-order valence-corrected chi connectivity index (χ1v) is 28.8. The smallest absolute Gasteiger partial charge is 0.0777 e. The summed E-state index contributed by atoms with van der Waals surface area (Å²) in [6.07, 6.45) is 5.11. The largest absolute Gasteiger partial charge is 0.310 e. The van der Waals surface area contributed by atoms with Crippen LogP contribution >= 0.6 is 0 Å². The number of aromatic nitrogens is 2. The molecule has 61 heavy (non-hydrogen) atoms. The molecule has 0 aliphatic heterocycles. The van der Waals surface area contributed by atoms with E-state index in [0.29, 0.717) is 5.92 Å². The number of aryl methyl sites for hydroxylation is 2. The molecule has 0 N–H and O–H groups in total. The van der Waals surface area contributed by atoms with Crippen LogP contribution in [0.2, 0.25) is 39.3 Å². The Morgan fingerprint density at radius 2 is 0.918 bits per heavy atom. The molecule has 0 saturated heterocycles. The van der Waals surface area contributed by atoms with Crippen LogP contribution in [0.5, 0.6) is 0 Å². The number of anilines is 3. The highest BCUT2D eigenvalue weighted by Gasteiger charge is 2.26. The molecule has 0 atom stereocenters. The molecular weight excluding hydrogens is 771 g/mol. The van der Waals surface area contributed by atoms with Crippen molar-refractivity contribution in [3.8, 4) is 44.8 Å². The monoisotopic (exact) mass is 829 g/mol. The second kappa shape index (κ2) is 16.9. The van der Waals surface area contributed by atoms with Crippen molar-refractivity contribution < 1.29 is 0 Å². The van der Waals surface area contributed by atoms with E-state index in [1.807, 2.05) is 12.4 Å². The molecule has 6 aromatic carbocycles. The zero-order valence-electron chi connectivity index (χ0n) is 37.6. The van der Waals surface area contributed by atoms with Crippen LogP contribution in [0, 0.1) is 19.8 Å². The lowest BCUT2D eigenvalue weighted by atomic mass is 9.95. The standard InChI is InChI=1S/C56H59N3Si2/c1-38(2)27-43-25-26-56(51-24-18-17-23-50(43)51)59(46-28-44(30-48(32-46)60(5,6)7)54-34-52(39(3)36-57-54)41-19-13-11-14-20-41)47-29-45(31-49(33-47)61(8,9)10)55-35-53(40(4)37-58-55)42-21-15-12-16-22-42/h11-26,28-38H,27H2,1-10H3. The van der Waals surface area contributed by atoms with Crippen LogP contribution < -0.4 is 15.3 Å². The zero-order chi connectivity index (χ0) is 43.1. The summed E-state index contributed by atoms with van der Waals surface area (Å²) in [4.78, 5) is 12.8. The van der Waals surface area contributed by atoms with Crippen molar-refractivity contribution >= 4 is 54.4 Å². The third kappa shape index (κ3) is 8.95. The van der Waals surface area contributed by atoms with Gasteiger partial charge in [-0.15, -0.1) is 0 Å². The van der Waals surface area contributed by atoms with Crippen molar-refractivity contribution in [2.45, 2.75) is 73.4 Å². The Morgan fingerprint density at radius 1 is 0.475 bits per heavy atom. The summed E-state index contributed by atoms with van der Waals surface area (Å²) in [5.41, 5.74) is 16.2. The summed E-state index contributed by atoms with van der Waals surface area (Å²) in [5, 5.41) is 5.34. The van der Waals surface area contributed by atoms with Gasteiger partial charge in [0, 0.05) is 40.3 Å². The highest BCUT2D eigenvalue weighted by molar-refractivity contribution is 6.89. The van der Waals surface area contributed by atoms with E-state index in [1.165, 1.54) is 65.8 Å². The maximum absolute atomic E-state index is 5.13. The van der Waals surface area contributed by atoms with E-state index in [1.54, 1.807) is 0 Å². The summed E-state index contributed by atoms with van der Waals surface area (Å²) in [7, 11) is -3.70. The van der Waals surface area contributed by atoms with Crippen molar-refractivity contribution in [2.24, 2.45) is 5.92 Å². The molecule has 0 spiro atoms. The first kappa shape index (κ1) is 41.8. The summed E-state index contributed by atoms with van der Waals surface area (Å²) in [6, 6.07) is 54.3. The molecule has 0 bridgehead atoms. The molecule has 2 heterocycles. The quantitative estimate of drug-likeness (QED) is 0.122. The second-order valence-electron chi connectivity index (χ2n) is 19.3. The lowest BCUT2D eigenvalue weighted by Gasteiger charge is -2.31. The SMILES string of the molecule is Cc1cnc(-c2cc(N(c3cc(-c4cc(-c5ccccc5)c(C)cn4)cc([Si](C)(C)C)c3)c3ccc(CC(C)C)c4ccccc34)cc([Si](C)(C)C)c2)cc1-c1ccccc1. The van der Waals surface area contributed by atoms with E-state index in [9.17, 15) is 0 Å². The molecule has 5 heteroatoms. The Labute approximate surface area is 366 Å². The molecule has 0 saturated carbocycles. The predicted octanol–water partition coefficient (Wildman–Crippen LogP) is 14.7. The fourth-order valence-corrected chi connectivity index (χ4v) is 10.8. The topological polar surface area (TPSA) is 29.0 Å². The van der Waals surface area contributed by atoms with E-state index in [0.717, 1.165) is 40.3 Å². The van der Waals surface area contributed by atoms with Gasteiger partial charge in [0.05, 0.1) is 33.2 Å². The van der Waals surface area contributed by atoms with Crippen LogP contribution in [0.4, 0.5) is 17.1 Å². The van der Waals surface area contributed by atoms with Gasteiger partial charge in [0.15, 0.2) is 0 Å². The maximum atomic E-state index is 5.13. The van der Waals surface area contributed by atoms with Crippen molar-refractivity contribution in [1.29, 1.82) is 0 Å². The summed E-state index contributed by atoms with van der Waals surface area (Å²) < 4.78 is 0. The predicted molar refractivity (Wildman–Crippen MR) is 270 cm³/mol. The van der Waals surface area contributed by atoms with Gasteiger partial charge in [-0.25, -0.2) is 0 Å². The van der Waals surface area contributed by atoms with Gasteiger partial charge in [0.25, 0.3) is 0 Å². The Hall–Kier alpha value is -5.89. The van der Waals surface area contributed by atoms with Gasteiger partial charge in [-0.1, -0.05) is 167 Å². The lowest BCUT2D eigenvalue weighted by Crippen LogP contribution is -2.38. The maximum Gasteiger partial charge on any atom is 0.0777 e. The summed E-state index contributed by atoms with van der Waals surface area (Å²) in [6.45, 7) is 23.6. The van der Waals surface area contributed by atoms with Gasteiger partial charge >= 0.3 is 0 Å². The normalized spacial score (nSPS) is 12.0. The summed E-state index contributed by atoms with van der Waals surface area (Å²) >= 11 is 0. The molecule has 0 amide bonds. The van der Waals surface area contributed by atoms with Crippen LogP contribution in [0.25, 0.3) is 55.5 Å². The third-order valence-corrected chi connectivity index (χ3v) is 16.0. The Balaban J connectivity index is 1.42. The molecule has 0 fully saturated rings. The first-order chi connectivity index (χ1) is 29.1. The van der Waals surface area contributed by atoms with Gasteiger partial charge in [-0.05, 0) is 113 Å². The summed E-state index contributed by atoms with van der Waals surface area (Å²) in [5.74, 6) is 0.544. The van der Waals surface area contributed by atoms with Crippen LogP contribution in [-0.2, 0) is 6.42 Å². The van der Waals surface area contributed by atoms with Crippen LogP contribution in [-0.4, -0.2) is 26.1 Å². The van der Waals surface area contributed by atoms with E-state index in [4.69, 9.17) is 9.97 Å². The van der Waals surface area contributed by atoms with E-state index < -0.39 is 16.1 Å². The average Bonchev–Trinajstić information content (AvgIpc) is 3.24. The molecule has 3 nitrogen and oxygen atoms in total. The third-order valence-electron chi connectivity index (χ3n) is 11.9. The van der Waals surface area contributed by atoms with Crippen LogP contribution in [0.15, 0.2) is 158 Å². The van der Waals surface area contributed by atoms with Crippen molar-refractivity contribution in [1.82, 2.24) is 9.97 Å². The number of rotatable bonds is 11. The molecule has 8 aromatic rings. The van der Waals surface area contributed by atoms with E-state index in [2.05, 4.69) is 217 Å². The fraction of sp³-hybridized carbons (Fsp3) is 0.214. The Kier molecular flexibility index (Phi) is 11.6. The number of hydrogen-bond acceptors (Lipinski definition) is 3. The molecule has 306 valence electrons. The minimum absolute atomic E-state index is 0.544. The van der Waals surface area contributed by atoms with Gasteiger partial charge < -0.3 is 4.90 Å². The van der Waals surface area contributed by atoms with Crippen molar-refractivity contribution in [3.63, 3.8) is 0 Å². The van der Waals surface area contributed by atoms with Gasteiger partial charge in [-0.3, -0.25) is 9.97 Å². The number of nitrogens with zero attached hydrogens (tertiary/aromatic N) is 3. The molecule has 2 aromatic heterocycles. The van der Waals surface area contributed by atoms with Gasteiger partial charge in [-0.2, -0.15) is 0 Å². The van der Waals surface area contributed by atoms with E-state index in [-0.39, 0.29) is 0 Å². The molecule has 0 radical (unpaired) electrons. The van der Waals surface area contributed by atoms with E-state index >= 15 is 0 Å². The minimum Gasteiger partial charge on any atom is -0.310 e. The average molecular weight is 830 g/mol. The second-order valence-corrected chi connectivity index (χ2v) is 29.4. The fourth-order valence-electron chi connectivity index (χ4n) is 8.45. The van der Waals surface area contributed by atoms with Gasteiger partial charge in [0.2, 0.25) is 0 Å². The number of pyridine rings is 2. The van der Waals surface area contributed by atoms with Gasteiger partial charge in [0.1, 0.15) is 0 Å².